The fraction of sp³-hybridized carbons (Fsp3) is 0.526. The monoisotopic (exact) mass is 633 g/mol. The zero-order valence-corrected chi connectivity index (χ0v) is 32.2. The topological polar surface area (TPSA) is 121 Å². The predicted octanol–water partition coefficient (Wildman–Crippen LogP) is 9.11. The van der Waals surface area contributed by atoms with Crippen LogP contribution in [0.2, 0.25) is 0 Å². The van der Waals surface area contributed by atoms with Gasteiger partial charge in [0.05, 0.1) is 0 Å². The van der Waals surface area contributed by atoms with Crippen molar-refractivity contribution < 1.29 is 30.6 Å². The molecule has 0 aliphatic carbocycles. The average Bonchev–Trinajstić information content (AvgIpc) is 3.15. The number of rotatable bonds is 0. The van der Waals surface area contributed by atoms with Gasteiger partial charge >= 0.3 is 0 Å². The van der Waals surface area contributed by atoms with E-state index >= 15 is 0 Å². The van der Waals surface area contributed by atoms with Crippen LogP contribution in [0.5, 0.6) is 0 Å². The normalized spacial score (nSPS) is 6.14. The second-order valence-electron chi connectivity index (χ2n) is 6.93. The summed E-state index contributed by atoms with van der Waals surface area (Å²) in [7, 11) is 6.00. The molecule has 3 aromatic rings. The molecule has 0 aliphatic rings. The predicted molar refractivity (Wildman–Crippen MR) is 203 cm³/mol. The van der Waals surface area contributed by atoms with Gasteiger partial charge in [-0.25, -0.2) is 0 Å². The van der Waals surface area contributed by atoms with Crippen molar-refractivity contribution in [2.75, 3.05) is 42.7 Å². The van der Waals surface area contributed by atoms with Crippen LogP contribution in [0.4, 0.5) is 0 Å². The lowest BCUT2D eigenvalue weighted by atomic mass is 10.3. The van der Waals surface area contributed by atoms with Gasteiger partial charge in [-0.05, 0) is 11.8 Å². The fourth-order valence-corrected chi connectivity index (χ4v) is 1.15. The molecule has 6 nitrogen and oxygen atoms in total. The van der Waals surface area contributed by atoms with Crippen molar-refractivity contribution in [3.05, 3.63) is 109 Å². The van der Waals surface area contributed by atoms with Gasteiger partial charge in [0.25, 0.3) is 0 Å². The van der Waals surface area contributed by atoms with E-state index in [4.69, 9.17) is 30.6 Å². The zero-order chi connectivity index (χ0) is 37.9. The molecular weight excluding hydrogens is 552 g/mol. The molecule has 0 atom stereocenters. The third-order valence-electron chi connectivity index (χ3n) is 2.00. The highest BCUT2D eigenvalue weighted by Gasteiger charge is 1.68. The summed E-state index contributed by atoms with van der Waals surface area (Å²) in [6.45, 7) is 25.0. The van der Waals surface area contributed by atoms with Gasteiger partial charge in [-0.2, -0.15) is 0 Å². The van der Waals surface area contributed by atoms with Gasteiger partial charge in [0.2, 0.25) is 0 Å². The van der Waals surface area contributed by atoms with Crippen LogP contribution >= 0.6 is 0 Å². The Bertz CT molecular complexity index is 386. The minimum Gasteiger partial charge on any atom is -0.400 e. The van der Waals surface area contributed by atoms with Crippen molar-refractivity contribution in [3.63, 3.8) is 0 Å². The largest absolute Gasteiger partial charge is 0.400 e. The molecule has 6 N–H and O–H groups in total. The summed E-state index contributed by atoms with van der Waals surface area (Å²) in [4.78, 5) is 0. The Balaban J connectivity index is -0.0000000307. The third-order valence-corrected chi connectivity index (χ3v) is 2.00. The van der Waals surface area contributed by atoms with Crippen molar-refractivity contribution >= 4 is 0 Å². The number of benzene rings is 3. The molecule has 0 amide bonds. The third kappa shape index (κ3) is 245. The van der Waals surface area contributed by atoms with E-state index in [9.17, 15) is 0 Å². The Labute approximate surface area is 277 Å². The van der Waals surface area contributed by atoms with Gasteiger partial charge in [-0.15, -0.1) is 0 Å². The van der Waals surface area contributed by atoms with Crippen LogP contribution in [0.1, 0.15) is 83.1 Å². The molecule has 44 heavy (non-hydrogen) atoms. The molecule has 0 saturated heterocycles. The number of hydrogen-bond acceptors (Lipinski definition) is 6. The highest BCUT2D eigenvalue weighted by atomic mass is 16.2. The van der Waals surface area contributed by atoms with Gasteiger partial charge in [0.1, 0.15) is 0 Å². The van der Waals surface area contributed by atoms with Crippen molar-refractivity contribution in [2.24, 2.45) is 11.8 Å². The first-order chi connectivity index (χ1) is 21.5. The van der Waals surface area contributed by atoms with Crippen LogP contribution in [0.3, 0.4) is 0 Å². The quantitative estimate of drug-likeness (QED) is 0.147. The van der Waals surface area contributed by atoms with E-state index in [0.29, 0.717) is 0 Å². The van der Waals surface area contributed by atoms with Crippen LogP contribution in [-0.4, -0.2) is 73.3 Å². The summed E-state index contributed by atoms with van der Waals surface area (Å²) < 4.78 is 0. The molecule has 0 bridgehead atoms. The van der Waals surface area contributed by atoms with Crippen LogP contribution in [-0.2, 0) is 0 Å². The molecule has 3 rings (SSSR count). The lowest BCUT2D eigenvalue weighted by molar-refractivity contribution is 0.399. The molecular formula is C38H80O6. The number of aliphatic hydroxyl groups is 6. The van der Waals surface area contributed by atoms with Gasteiger partial charge < -0.3 is 30.6 Å². The minimum absolute atomic E-state index is 0.833. The summed E-state index contributed by atoms with van der Waals surface area (Å²) >= 11 is 0. The van der Waals surface area contributed by atoms with Gasteiger partial charge in [-0.3, -0.25) is 0 Å². The average molecular weight is 633 g/mol. The molecule has 0 radical (unpaired) electrons. The van der Waals surface area contributed by atoms with Crippen molar-refractivity contribution in [2.45, 2.75) is 83.1 Å². The molecule has 3 aromatic carbocycles. The fourth-order valence-electron chi connectivity index (χ4n) is 1.15. The standard InChI is InChI=1S/3C6H6.2C4H10.3C2H6.6CH4O/c3*1-2-4-6-5-3-1;2*1-4(2)3;9*1-2/h3*1-6H;2*4H,1-3H3;3*1-2H3;6*2H,1H3. The lowest BCUT2D eigenvalue weighted by Crippen LogP contribution is -1.66. The van der Waals surface area contributed by atoms with E-state index < -0.39 is 0 Å². The molecule has 0 spiro atoms. The highest BCUT2D eigenvalue weighted by molar-refractivity contribution is 5.00. The number of aliphatic hydroxyl groups excluding tert-OH is 6. The van der Waals surface area contributed by atoms with Crippen molar-refractivity contribution in [1.82, 2.24) is 0 Å². The smallest absolute Gasteiger partial charge is 0.0319 e. The van der Waals surface area contributed by atoms with Crippen molar-refractivity contribution in [1.29, 1.82) is 0 Å². The SMILES string of the molecule is CC.CC.CC.CC(C)C.CC(C)C.CO.CO.CO.CO.CO.CO.c1ccccc1.c1ccccc1.c1ccccc1. The molecule has 0 fully saturated rings. The summed E-state index contributed by atoms with van der Waals surface area (Å²) in [5.41, 5.74) is 0. The summed E-state index contributed by atoms with van der Waals surface area (Å²) in [5, 5.41) is 42.0. The van der Waals surface area contributed by atoms with E-state index in [1.54, 1.807) is 0 Å². The zero-order valence-electron chi connectivity index (χ0n) is 32.2. The Morgan fingerprint density at radius 3 is 0.250 bits per heavy atom. The maximum atomic E-state index is 7.00. The van der Waals surface area contributed by atoms with E-state index in [1.807, 2.05) is 151 Å². The van der Waals surface area contributed by atoms with Crippen LogP contribution in [0, 0.1) is 11.8 Å². The first-order valence-electron chi connectivity index (χ1n) is 15.1. The van der Waals surface area contributed by atoms with Gasteiger partial charge in [-0.1, -0.05) is 192 Å². The molecule has 0 heterocycles. The Kier molecular flexibility index (Phi) is 228. The molecule has 0 saturated carbocycles. The maximum absolute atomic E-state index is 7.00. The van der Waals surface area contributed by atoms with Crippen LogP contribution in [0.15, 0.2) is 109 Å². The maximum Gasteiger partial charge on any atom is 0.0319 e. The summed E-state index contributed by atoms with van der Waals surface area (Å²) in [6.07, 6.45) is 0. The first-order valence-corrected chi connectivity index (χ1v) is 15.1. The van der Waals surface area contributed by atoms with E-state index in [-0.39, 0.29) is 0 Å². The van der Waals surface area contributed by atoms with Gasteiger partial charge in [0, 0.05) is 42.7 Å². The van der Waals surface area contributed by atoms with E-state index in [0.717, 1.165) is 54.5 Å². The molecule has 268 valence electrons. The lowest BCUT2D eigenvalue weighted by Gasteiger charge is -1.79. The second-order valence-corrected chi connectivity index (χ2v) is 6.93. The second kappa shape index (κ2) is 137. The minimum atomic E-state index is 0.833. The summed E-state index contributed by atoms with van der Waals surface area (Å²) in [5.74, 6) is 1.67. The Morgan fingerprint density at radius 2 is 0.227 bits per heavy atom. The molecule has 6 heteroatoms. The molecule has 0 aromatic heterocycles. The Morgan fingerprint density at radius 1 is 0.205 bits per heavy atom. The van der Waals surface area contributed by atoms with Crippen molar-refractivity contribution in [3.8, 4) is 0 Å². The highest BCUT2D eigenvalue weighted by Crippen LogP contribution is 1.82. The van der Waals surface area contributed by atoms with Gasteiger partial charge in [0.15, 0.2) is 0 Å². The first kappa shape index (κ1) is 73.1. The molecule has 0 unspecified atom stereocenters. The van der Waals surface area contributed by atoms with Crippen LogP contribution < -0.4 is 0 Å². The number of hydrogen-bond donors (Lipinski definition) is 6. The van der Waals surface area contributed by atoms with Crippen LogP contribution in [0.25, 0.3) is 0 Å². The van der Waals surface area contributed by atoms with E-state index in [1.165, 1.54) is 0 Å². The molecule has 0 aliphatic heterocycles. The van der Waals surface area contributed by atoms with E-state index in [2.05, 4.69) is 41.5 Å². The summed E-state index contributed by atoms with van der Waals surface area (Å²) in [6, 6.07) is 36.0. The Hall–Kier alpha value is -2.58.